The van der Waals surface area contributed by atoms with E-state index in [1.165, 1.54) is 0 Å². The van der Waals surface area contributed by atoms with Crippen LogP contribution in [0.25, 0.3) is 0 Å². The molecule has 16 heavy (non-hydrogen) atoms. The number of rotatable bonds is 2. The van der Waals surface area contributed by atoms with Gasteiger partial charge in [-0.25, -0.2) is 0 Å². The maximum atomic E-state index is 12.5. The third kappa shape index (κ3) is 1.93. The SMILES string of the molecule is COc1cc(O)c(C(F)(F)F)c(OC)c1O. The van der Waals surface area contributed by atoms with E-state index in [0.717, 1.165) is 14.2 Å². The fourth-order valence-corrected chi connectivity index (χ4v) is 1.24. The topological polar surface area (TPSA) is 58.9 Å². The third-order valence-corrected chi connectivity index (χ3v) is 1.91. The highest BCUT2D eigenvalue weighted by atomic mass is 19.4. The van der Waals surface area contributed by atoms with Crippen molar-refractivity contribution in [2.24, 2.45) is 0 Å². The molecular weight excluding hydrogens is 229 g/mol. The molecule has 0 saturated heterocycles. The van der Waals surface area contributed by atoms with Crippen LogP contribution in [0.1, 0.15) is 5.56 Å². The molecule has 0 heterocycles. The molecule has 0 aromatic heterocycles. The van der Waals surface area contributed by atoms with Crippen LogP contribution in [0.2, 0.25) is 0 Å². The number of hydrogen-bond donors (Lipinski definition) is 2. The quantitative estimate of drug-likeness (QED) is 0.775. The molecule has 0 atom stereocenters. The van der Waals surface area contributed by atoms with Crippen molar-refractivity contribution in [3.8, 4) is 23.0 Å². The summed E-state index contributed by atoms with van der Waals surface area (Å²) in [6.07, 6.45) is -4.83. The van der Waals surface area contributed by atoms with Gasteiger partial charge in [-0.2, -0.15) is 13.2 Å². The maximum absolute atomic E-state index is 12.5. The van der Waals surface area contributed by atoms with Crippen molar-refractivity contribution in [2.75, 3.05) is 14.2 Å². The van der Waals surface area contributed by atoms with Crippen LogP contribution in [-0.2, 0) is 6.18 Å². The Labute approximate surface area is 88.8 Å². The minimum absolute atomic E-state index is 0.303. The first-order chi connectivity index (χ1) is 7.32. The fraction of sp³-hybridized carbons (Fsp3) is 0.333. The van der Waals surface area contributed by atoms with Gasteiger partial charge in [0.25, 0.3) is 0 Å². The van der Waals surface area contributed by atoms with Crippen LogP contribution < -0.4 is 9.47 Å². The molecule has 0 amide bonds. The normalized spacial score (nSPS) is 11.3. The van der Waals surface area contributed by atoms with Crippen LogP contribution in [0.3, 0.4) is 0 Å². The molecule has 0 aliphatic rings. The van der Waals surface area contributed by atoms with Gasteiger partial charge in [0.2, 0.25) is 5.75 Å². The second kappa shape index (κ2) is 3.99. The highest BCUT2D eigenvalue weighted by molar-refractivity contribution is 5.61. The first-order valence-electron chi connectivity index (χ1n) is 4.07. The van der Waals surface area contributed by atoms with E-state index in [4.69, 9.17) is 0 Å². The van der Waals surface area contributed by atoms with Crippen LogP contribution in [0.15, 0.2) is 6.07 Å². The van der Waals surface area contributed by atoms with Crippen molar-refractivity contribution in [3.05, 3.63) is 11.6 Å². The van der Waals surface area contributed by atoms with Crippen molar-refractivity contribution in [3.63, 3.8) is 0 Å². The Kier molecular flexibility index (Phi) is 3.06. The van der Waals surface area contributed by atoms with Gasteiger partial charge in [0.1, 0.15) is 11.3 Å². The molecule has 0 bridgehead atoms. The zero-order chi connectivity index (χ0) is 12.5. The van der Waals surface area contributed by atoms with E-state index in [9.17, 15) is 23.4 Å². The zero-order valence-electron chi connectivity index (χ0n) is 8.42. The van der Waals surface area contributed by atoms with E-state index in [1.54, 1.807) is 0 Å². The summed E-state index contributed by atoms with van der Waals surface area (Å²) in [5, 5.41) is 18.6. The molecule has 1 aromatic rings. The Bertz CT molecular complexity index is 401. The standard InChI is InChI=1S/C9H9F3O4/c1-15-5-3-4(13)6(9(10,11)12)8(16-2)7(5)14/h3,13-14H,1-2H3. The van der Waals surface area contributed by atoms with Crippen LogP contribution in [-0.4, -0.2) is 24.4 Å². The molecule has 0 aliphatic heterocycles. The van der Waals surface area contributed by atoms with E-state index >= 15 is 0 Å². The molecule has 0 spiro atoms. The fourth-order valence-electron chi connectivity index (χ4n) is 1.24. The van der Waals surface area contributed by atoms with Gasteiger partial charge in [0, 0.05) is 6.07 Å². The van der Waals surface area contributed by atoms with Gasteiger partial charge < -0.3 is 19.7 Å². The van der Waals surface area contributed by atoms with E-state index in [0.29, 0.717) is 6.07 Å². The van der Waals surface area contributed by atoms with Gasteiger partial charge in [-0.3, -0.25) is 0 Å². The van der Waals surface area contributed by atoms with Gasteiger partial charge in [-0.1, -0.05) is 0 Å². The monoisotopic (exact) mass is 238 g/mol. The molecule has 4 nitrogen and oxygen atoms in total. The summed E-state index contributed by atoms with van der Waals surface area (Å²) in [5.41, 5.74) is -1.44. The number of ether oxygens (including phenoxy) is 2. The Morgan fingerprint density at radius 1 is 1.12 bits per heavy atom. The lowest BCUT2D eigenvalue weighted by atomic mass is 10.1. The summed E-state index contributed by atoms with van der Waals surface area (Å²) in [6, 6.07) is 0.667. The molecule has 2 N–H and O–H groups in total. The summed E-state index contributed by atoms with van der Waals surface area (Å²) in [7, 11) is 2.09. The van der Waals surface area contributed by atoms with Crippen molar-refractivity contribution < 1.29 is 32.9 Å². The predicted molar refractivity (Wildman–Crippen MR) is 47.9 cm³/mol. The lowest BCUT2D eigenvalue weighted by Gasteiger charge is -2.16. The number of phenols is 2. The predicted octanol–water partition coefficient (Wildman–Crippen LogP) is 2.13. The Morgan fingerprint density at radius 3 is 2.06 bits per heavy atom. The summed E-state index contributed by atoms with van der Waals surface area (Å²) in [6.45, 7) is 0. The van der Waals surface area contributed by atoms with E-state index in [2.05, 4.69) is 9.47 Å². The zero-order valence-corrected chi connectivity index (χ0v) is 8.42. The molecule has 1 rings (SSSR count). The Hall–Kier alpha value is -1.79. The number of aromatic hydroxyl groups is 2. The lowest BCUT2D eigenvalue weighted by molar-refractivity contribution is -0.140. The largest absolute Gasteiger partial charge is 0.507 e. The number of phenolic OH excluding ortho intramolecular Hbond substituents is 2. The molecule has 0 fully saturated rings. The van der Waals surface area contributed by atoms with Gasteiger partial charge >= 0.3 is 6.18 Å². The van der Waals surface area contributed by atoms with Crippen molar-refractivity contribution in [1.29, 1.82) is 0 Å². The van der Waals surface area contributed by atoms with Gasteiger partial charge in [0.05, 0.1) is 14.2 Å². The second-order valence-corrected chi connectivity index (χ2v) is 2.85. The molecule has 0 saturated carbocycles. The van der Waals surface area contributed by atoms with Gasteiger partial charge in [0.15, 0.2) is 11.5 Å². The average Bonchev–Trinajstić information content (AvgIpc) is 2.18. The Morgan fingerprint density at radius 2 is 1.69 bits per heavy atom. The highest BCUT2D eigenvalue weighted by Crippen LogP contribution is 2.50. The number of hydrogen-bond acceptors (Lipinski definition) is 4. The molecule has 0 unspecified atom stereocenters. The number of methoxy groups -OCH3 is 2. The lowest BCUT2D eigenvalue weighted by Crippen LogP contribution is -2.08. The van der Waals surface area contributed by atoms with Crippen LogP contribution in [0, 0.1) is 0 Å². The number of benzene rings is 1. The van der Waals surface area contributed by atoms with E-state index < -0.39 is 29.0 Å². The first-order valence-corrected chi connectivity index (χ1v) is 4.07. The van der Waals surface area contributed by atoms with Gasteiger partial charge in [-0.05, 0) is 0 Å². The summed E-state index contributed by atoms with van der Waals surface area (Å²) in [5.74, 6) is -3.05. The number of alkyl halides is 3. The Balaban J connectivity index is 3.56. The average molecular weight is 238 g/mol. The first kappa shape index (κ1) is 12.3. The number of halogens is 3. The molecule has 0 aliphatic carbocycles. The van der Waals surface area contributed by atoms with Crippen molar-refractivity contribution in [2.45, 2.75) is 6.18 Å². The molecule has 0 radical (unpaired) electrons. The minimum atomic E-state index is -4.83. The minimum Gasteiger partial charge on any atom is -0.507 e. The molecule has 7 heteroatoms. The second-order valence-electron chi connectivity index (χ2n) is 2.85. The maximum Gasteiger partial charge on any atom is 0.423 e. The molecule has 1 aromatic carbocycles. The van der Waals surface area contributed by atoms with Crippen LogP contribution in [0.4, 0.5) is 13.2 Å². The highest BCUT2D eigenvalue weighted by Gasteiger charge is 2.40. The van der Waals surface area contributed by atoms with E-state index in [-0.39, 0.29) is 5.75 Å². The van der Waals surface area contributed by atoms with Crippen LogP contribution >= 0.6 is 0 Å². The van der Waals surface area contributed by atoms with Crippen molar-refractivity contribution in [1.82, 2.24) is 0 Å². The van der Waals surface area contributed by atoms with Crippen molar-refractivity contribution >= 4 is 0 Å². The smallest absolute Gasteiger partial charge is 0.423 e. The third-order valence-electron chi connectivity index (χ3n) is 1.91. The summed E-state index contributed by atoms with van der Waals surface area (Å²) >= 11 is 0. The molecular formula is C9H9F3O4. The van der Waals surface area contributed by atoms with Gasteiger partial charge in [-0.15, -0.1) is 0 Å². The summed E-state index contributed by atoms with van der Waals surface area (Å²) < 4.78 is 46.6. The summed E-state index contributed by atoms with van der Waals surface area (Å²) in [4.78, 5) is 0. The van der Waals surface area contributed by atoms with Crippen LogP contribution in [0.5, 0.6) is 23.0 Å². The molecule has 90 valence electrons. The van der Waals surface area contributed by atoms with E-state index in [1.807, 2.05) is 0 Å².